The van der Waals surface area contributed by atoms with Crippen molar-refractivity contribution in [1.29, 1.82) is 0 Å². The molecule has 244 valence electrons. The van der Waals surface area contributed by atoms with E-state index in [1.165, 1.54) is 11.1 Å². The highest BCUT2D eigenvalue weighted by molar-refractivity contribution is 6.14. The van der Waals surface area contributed by atoms with Crippen molar-refractivity contribution in [1.82, 2.24) is 19.9 Å². The minimum absolute atomic E-state index is 0.219. The standard InChI is InChI=1S/C44H26N6O2/c51-43(25-13-19-33-35(21-25)49-41-31-11-3-7-23-5-1-9-29(37(23)31)39(41)47-33)45-27-15-17-28(18-16-27)46-44(52)26-14-20-34-36(22-26)50-42-32-12-4-8-24-6-2-10-30(38(24)32)40(42)48-34/h1-9,11-22,30H,10H2,(H,45,51)(H,46,52). The number of nitrogens with zero attached hydrogens (tertiary/aromatic N) is 4. The number of fused-ring (bicyclic) bond motifs is 8. The molecular formula is C44H26N6O2. The molecule has 52 heavy (non-hydrogen) atoms. The van der Waals surface area contributed by atoms with E-state index in [4.69, 9.17) is 19.9 Å². The van der Waals surface area contributed by atoms with Gasteiger partial charge in [-0.3, -0.25) is 9.59 Å². The molecule has 2 amide bonds. The third-order valence-electron chi connectivity index (χ3n) is 10.4. The molecule has 0 aliphatic heterocycles. The van der Waals surface area contributed by atoms with Gasteiger partial charge in [0.1, 0.15) is 0 Å². The number of carbonyl (C=O) groups excluding carboxylic acids is 2. The van der Waals surface area contributed by atoms with Gasteiger partial charge in [0, 0.05) is 50.5 Å². The van der Waals surface area contributed by atoms with Crippen LogP contribution in [0.25, 0.3) is 72.7 Å². The fourth-order valence-corrected chi connectivity index (χ4v) is 8.02. The molecule has 2 heterocycles. The summed E-state index contributed by atoms with van der Waals surface area (Å²) in [5.41, 5.74) is 14.4. The average molecular weight is 671 g/mol. The summed E-state index contributed by atoms with van der Waals surface area (Å²) in [5, 5.41) is 8.24. The molecule has 0 radical (unpaired) electrons. The predicted molar refractivity (Wildman–Crippen MR) is 204 cm³/mol. The lowest BCUT2D eigenvalue weighted by Crippen LogP contribution is -2.13. The first-order chi connectivity index (χ1) is 25.6. The van der Waals surface area contributed by atoms with Crippen molar-refractivity contribution in [3.8, 4) is 33.8 Å². The summed E-state index contributed by atoms with van der Waals surface area (Å²) in [5.74, 6) is -0.304. The van der Waals surface area contributed by atoms with E-state index < -0.39 is 0 Å². The zero-order valence-corrected chi connectivity index (χ0v) is 27.5. The molecular weight excluding hydrogens is 645 g/mol. The highest BCUT2D eigenvalue weighted by Crippen LogP contribution is 2.49. The van der Waals surface area contributed by atoms with Gasteiger partial charge in [0.2, 0.25) is 0 Å². The summed E-state index contributed by atoms with van der Waals surface area (Å²) in [7, 11) is 0. The smallest absolute Gasteiger partial charge is 0.255 e. The molecule has 6 aromatic carbocycles. The molecule has 2 aromatic heterocycles. The van der Waals surface area contributed by atoms with Crippen molar-refractivity contribution in [2.45, 2.75) is 12.3 Å². The van der Waals surface area contributed by atoms with E-state index >= 15 is 0 Å². The third-order valence-corrected chi connectivity index (χ3v) is 10.4. The van der Waals surface area contributed by atoms with Crippen LogP contribution >= 0.6 is 0 Å². The van der Waals surface area contributed by atoms with E-state index in [9.17, 15) is 9.59 Å². The summed E-state index contributed by atoms with van der Waals surface area (Å²) >= 11 is 0. The maximum atomic E-state index is 13.3. The highest BCUT2D eigenvalue weighted by atomic mass is 16.2. The Labute approximate surface area is 296 Å². The van der Waals surface area contributed by atoms with Gasteiger partial charge in [-0.25, -0.2) is 19.9 Å². The second-order valence-corrected chi connectivity index (χ2v) is 13.5. The van der Waals surface area contributed by atoms with Crippen molar-refractivity contribution >= 4 is 62.1 Å². The van der Waals surface area contributed by atoms with Crippen LogP contribution in [0.2, 0.25) is 0 Å². The second kappa shape index (κ2) is 10.7. The van der Waals surface area contributed by atoms with Gasteiger partial charge in [-0.2, -0.15) is 0 Å². The lowest BCUT2D eigenvalue weighted by atomic mass is 9.88. The molecule has 3 aliphatic carbocycles. The Morgan fingerprint density at radius 2 is 1.12 bits per heavy atom. The molecule has 8 heteroatoms. The maximum Gasteiger partial charge on any atom is 0.255 e. The Morgan fingerprint density at radius 1 is 0.558 bits per heavy atom. The SMILES string of the molecule is O=C(Nc1ccc(NC(=O)c2ccc3nc4c(nc3c2)-c2cccc3c2C4CC=C3)cc1)c1ccc2nc3c(nc2c1)-c1cccc2cccc-3c12. The summed E-state index contributed by atoms with van der Waals surface area (Å²) < 4.78 is 0. The molecule has 0 fully saturated rings. The van der Waals surface area contributed by atoms with Gasteiger partial charge in [0.15, 0.2) is 0 Å². The van der Waals surface area contributed by atoms with Gasteiger partial charge >= 0.3 is 0 Å². The van der Waals surface area contributed by atoms with Crippen molar-refractivity contribution < 1.29 is 9.59 Å². The molecule has 1 unspecified atom stereocenters. The van der Waals surface area contributed by atoms with Crippen LogP contribution in [0.1, 0.15) is 49.9 Å². The van der Waals surface area contributed by atoms with Gasteiger partial charge in [-0.15, -0.1) is 0 Å². The Kier molecular flexibility index (Phi) is 5.93. The van der Waals surface area contributed by atoms with Gasteiger partial charge in [0.05, 0.1) is 44.8 Å². The predicted octanol–water partition coefficient (Wildman–Crippen LogP) is 9.41. The Hall–Kier alpha value is -7.06. The van der Waals surface area contributed by atoms with E-state index in [2.05, 4.69) is 65.3 Å². The van der Waals surface area contributed by atoms with Crippen LogP contribution in [0, 0.1) is 0 Å². The fraction of sp³-hybridized carbons (Fsp3) is 0.0455. The largest absolute Gasteiger partial charge is 0.322 e. The van der Waals surface area contributed by atoms with E-state index in [-0.39, 0.29) is 17.7 Å². The zero-order chi connectivity index (χ0) is 34.5. The fourth-order valence-electron chi connectivity index (χ4n) is 8.02. The number of hydrogen-bond acceptors (Lipinski definition) is 6. The van der Waals surface area contributed by atoms with E-state index in [0.29, 0.717) is 33.5 Å². The lowest BCUT2D eigenvalue weighted by molar-refractivity contribution is 0.101. The van der Waals surface area contributed by atoms with Crippen LogP contribution in [-0.4, -0.2) is 31.8 Å². The number of amides is 2. The lowest BCUT2D eigenvalue weighted by Gasteiger charge is -2.16. The van der Waals surface area contributed by atoms with Gasteiger partial charge in [0.25, 0.3) is 11.8 Å². The second-order valence-electron chi connectivity index (χ2n) is 13.5. The number of anilines is 2. The topological polar surface area (TPSA) is 110 Å². The number of hydrogen-bond donors (Lipinski definition) is 2. The summed E-state index contributed by atoms with van der Waals surface area (Å²) in [4.78, 5) is 46.6. The van der Waals surface area contributed by atoms with Crippen LogP contribution in [-0.2, 0) is 0 Å². The van der Waals surface area contributed by atoms with Gasteiger partial charge < -0.3 is 10.6 Å². The molecule has 0 bridgehead atoms. The normalized spacial score (nSPS) is 14.3. The first kappa shape index (κ1) is 28.7. The number of allylic oxidation sites excluding steroid dienone is 1. The summed E-state index contributed by atoms with van der Waals surface area (Å²) in [6.45, 7) is 0. The molecule has 0 saturated carbocycles. The quantitative estimate of drug-likeness (QED) is 0.193. The summed E-state index contributed by atoms with van der Waals surface area (Å²) in [6.07, 6.45) is 5.29. The van der Waals surface area contributed by atoms with Crippen LogP contribution < -0.4 is 10.6 Å². The minimum Gasteiger partial charge on any atom is -0.322 e. The van der Waals surface area contributed by atoms with Crippen molar-refractivity contribution in [3.63, 3.8) is 0 Å². The Bertz CT molecular complexity index is 2930. The van der Waals surface area contributed by atoms with Crippen LogP contribution in [0.5, 0.6) is 0 Å². The zero-order valence-electron chi connectivity index (χ0n) is 27.5. The Morgan fingerprint density at radius 3 is 1.77 bits per heavy atom. The molecule has 8 aromatic rings. The van der Waals surface area contributed by atoms with Crippen LogP contribution in [0.3, 0.4) is 0 Å². The first-order valence-corrected chi connectivity index (χ1v) is 17.2. The average Bonchev–Trinajstić information content (AvgIpc) is 3.67. The Balaban J connectivity index is 0.809. The first-order valence-electron chi connectivity index (χ1n) is 17.2. The molecule has 0 spiro atoms. The molecule has 3 aliphatic rings. The minimum atomic E-state index is -0.266. The molecule has 2 N–H and O–H groups in total. The number of carbonyl (C=O) groups is 2. The van der Waals surface area contributed by atoms with Crippen LogP contribution in [0.15, 0.2) is 121 Å². The van der Waals surface area contributed by atoms with E-state index in [1.807, 2.05) is 24.3 Å². The number of aromatic nitrogens is 4. The molecule has 11 rings (SSSR count). The van der Waals surface area contributed by atoms with Gasteiger partial charge in [-0.05, 0) is 83.6 Å². The maximum absolute atomic E-state index is 13.3. The number of nitrogens with one attached hydrogen (secondary N) is 2. The van der Waals surface area contributed by atoms with Crippen molar-refractivity contribution in [3.05, 3.63) is 149 Å². The summed E-state index contributed by atoms with van der Waals surface area (Å²) in [6, 6.07) is 36.6. The highest BCUT2D eigenvalue weighted by Gasteiger charge is 2.34. The van der Waals surface area contributed by atoms with E-state index in [1.54, 1.807) is 48.5 Å². The van der Waals surface area contributed by atoms with Gasteiger partial charge in [-0.1, -0.05) is 66.7 Å². The molecule has 1 atom stereocenters. The molecule has 0 saturated heterocycles. The monoisotopic (exact) mass is 670 g/mol. The van der Waals surface area contributed by atoms with E-state index in [0.717, 1.165) is 67.7 Å². The van der Waals surface area contributed by atoms with Crippen LogP contribution in [0.4, 0.5) is 11.4 Å². The van der Waals surface area contributed by atoms with Crippen molar-refractivity contribution in [2.24, 2.45) is 0 Å². The molecule has 8 nitrogen and oxygen atoms in total. The van der Waals surface area contributed by atoms with Crippen molar-refractivity contribution in [2.75, 3.05) is 10.6 Å². The third kappa shape index (κ3) is 4.27. The number of rotatable bonds is 4. The number of benzene rings is 6.